The van der Waals surface area contributed by atoms with Crippen molar-refractivity contribution in [2.75, 3.05) is 49.3 Å². The lowest BCUT2D eigenvalue weighted by atomic mass is 9.71. The van der Waals surface area contributed by atoms with E-state index in [0.29, 0.717) is 23.5 Å². The van der Waals surface area contributed by atoms with Crippen molar-refractivity contribution in [3.63, 3.8) is 0 Å². The van der Waals surface area contributed by atoms with Gasteiger partial charge in [0, 0.05) is 24.0 Å². The van der Waals surface area contributed by atoms with Crippen molar-refractivity contribution >= 4 is 0 Å². The quantitative estimate of drug-likeness (QED) is 0.155. The molecule has 1 unspecified atom stereocenters. The van der Waals surface area contributed by atoms with Crippen LogP contribution in [-0.2, 0) is 12.8 Å². The first-order valence-corrected chi connectivity index (χ1v) is 13.1. The van der Waals surface area contributed by atoms with Gasteiger partial charge in [-0.05, 0) is 30.7 Å². The molecule has 0 heterocycles. The third kappa shape index (κ3) is 6.91. The molecule has 0 fully saturated rings. The Kier molecular flexibility index (Phi) is 12.3. The average Bonchev–Trinajstić information content (AvgIpc) is 2.98. The minimum absolute atomic E-state index is 0.0612. The predicted molar refractivity (Wildman–Crippen MR) is 150 cm³/mol. The summed E-state index contributed by atoms with van der Waals surface area (Å²) < 4.78 is 32.8. The maximum absolute atomic E-state index is 12.1. The first-order valence-electron chi connectivity index (χ1n) is 13.1. The highest BCUT2D eigenvalue weighted by Crippen LogP contribution is 2.45. The highest BCUT2D eigenvalue weighted by molar-refractivity contribution is 5.56. The van der Waals surface area contributed by atoms with Crippen molar-refractivity contribution in [1.82, 2.24) is 0 Å². The molecule has 0 radical (unpaired) electrons. The highest BCUT2D eigenvalue weighted by atomic mass is 16.5. The zero-order valence-electron chi connectivity index (χ0n) is 24.7. The van der Waals surface area contributed by atoms with E-state index in [4.69, 9.17) is 28.4 Å². The fourth-order valence-corrected chi connectivity index (χ4v) is 5.27. The molecule has 0 aliphatic rings. The summed E-state index contributed by atoms with van der Waals surface area (Å²) in [5.74, 6) is 1.53. The number of aliphatic hydroxyl groups excluding tert-OH is 4. The zero-order valence-corrected chi connectivity index (χ0v) is 24.7. The number of hydrogen-bond acceptors (Lipinski definition) is 12. The Morgan fingerprint density at radius 3 is 1.44 bits per heavy atom. The molecule has 0 spiro atoms. The first-order chi connectivity index (χ1) is 19.5. The molecule has 0 aliphatic carbocycles. The number of aliphatic hydroxyl groups is 6. The minimum Gasteiger partial charge on any atom is -0.496 e. The molecule has 2 rings (SSSR count). The van der Waals surface area contributed by atoms with Gasteiger partial charge in [0.2, 0.25) is 0 Å². The Bertz CT molecular complexity index is 1130. The summed E-state index contributed by atoms with van der Waals surface area (Å²) >= 11 is 0. The van der Waals surface area contributed by atoms with Crippen molar-refractivity contribution in [3.05, 3.63) is 35.4 Å². The molecule has 12 nitrogen and oxygen atoms in total. The number of benzene rings is 2. The Balaban J connectivity index is 2.81. The molecule has 2 aromatic rings. The first kappa shape index (κ1) is 34.2. The van der Waals surface area contributed by atoms with Crippen LogP contribution in [0, 0.1) is 0 Å². The predicted octanol–water partition coefficient (Wildman–Crippen LogP) is 0.861. The molecule has 5 atom stereocenters. The summed E-state index contributed by atoms with van der Waals surface area (Å²) in [6.45, 7) is 0.830. The second-order valence-corrected chi connectivity index (χ2v) is 9.76. The Labute approximate surface area is 240 Å². The van der Waals surface area contributed by atoms with Gasteiger partial charge >= 0.3 is 0 Å². The molecule has 0 bridgehead atoms. The monoisotopic (exact) mass is 584 g/mol. The van der Waals surface area contributed by atoms with Crippen LogP contribution in [0.3, 0.4) is 0 Å². The van der Waals surface area contributed by atoms with Gasteiger partial charge in [-0.15, -0.1) is 0 Å². The molecule has 0 saturated heterocycles. The maximum Gasteiger partial charge on any atom is 0.167 e. The van der Waals surface area contributed by atoms with Crippen LogP contribution in [0.15, 0.2) is 24.3 Å². The molecule has 0 amide bonds. The van der Waals surface area contributed by atoms with Crippen LogP contribution < -0.4 is 28.4 Å². The molecule has 0 saturated carbocycles. The van der Waals surface area contributed by atoms with E-state index < -0.39 is 42.5 Å². The van der Waals surface area contributed by atoms with Crippen LogP contribution in [0.2, 0.25) is 0 Å². The van der Waals surface area contributed by atoms with Gasteiger partial charge in [-0.25, -0.2) is 0 Å². The summed E-state index contributed by atoms with van der Waals surface area (Å²) in [6.07, 6.45) is -6.76. The smallest absolute Gasteiger partial charge is 0.167 e. The third-order valence-electron chi connectivity index (χ3n) is 7.32. The van der Waals surface area contributed by atoms with Crippen LogP contribution in [-0.4, -0.2) is 109 Å². The SMILES string of the molecule is CCCC(O)(Cc1c(OC)ccc(OC)c1OC)[C@@H](O)[C@@](O)(Cc1c(OC)ccc(OC)c1OC)[C@H](O)[C@@H](O)CO. The van der Waals surface area contributed by atoms with Crippen LogP contribution in [0.1, 0.15) is 30.9 Å². The molecular formula is C29H44O12. The lowest BCUT2D eigenvalue weighted by molar-refractivity contribution is -0.230. The molecular weight excluding hydrogens is 540 g/mol. The lowest BCUT2D eigenvalue weighted by Crippen LogP contribution is -2.66. The Morgan fingerprint density at radius 1 is 0.659 bits per heavy atom. The van der Waals surface area contributed by atoms with Gasteiger partial charge in [0.15, 0.2) is 23.0 Å². The number of ether oxygens (including phenoxy) is 6. The van der Waals surface area contributed by atoms with Gasteiger partial charge < -0.3 is 59.1 Å². The highest BCUT2D eigenvalue weighted by Gasteiger charge is 2.55. The average molecular weight is 585 g/mol. The van der Waals surface area contributed by atoms with E-state index in [9.17, 15) is 30.6 Å². The van der Waals surface area contributed by atoms with Crippen molar-refractivity contribution in [2.24, 2.45) is 0 Å². The minimum atomic E-state index is -2.67. The van der Waals surface area contributed by atoms with Gasteiger partial charge in [0.05, 0.1) is 54.9 Å². The summed E-state index contributed by atoms with van der Waals surface area (Å²) in [7, 11) is 8.45. The summed E-state index contributed by atoms with van der Waals surface area (Å²) in [5.41, 5.74) is -4.29. The molecule has 0 aliphatic heterocycles. The second kappa shape index (κ2) is 14.8. The van der Waals surface area contributed by atoms with E-state index in [1.165, 1.54) is 42.7 Å². The zero-order chi connectivity index (χ0) is 31.0. The number of rotatable bonds is 17. The molecule has 41 heavy (non-hydrogen) atoms. The van der Waals surface area contributed by atoms with Gasteiger partial charge in [-0.1, -0.05) is 13.3 Å². The summed E-state index contributed by atoms with van der Waals surface area (Å²) in [6, 6.07) is 6.35. The van der Waals surface area contributed by atoms with E-state index in [0.717, 1.165) is 0 Å². The van der Waals surface area contributed by atoms with E-state index in [1.807, 2.05) is 0 Å². The maximum atomic E-state index is 12.1. The second-order valence-electron chi connectivity index (χ2n) is 9.76. The molecule has 0 aromatic heterocycles. The molecule has 2 aromatic carbocycles. The number of methoxy groups -OCH3 is 6. The van der Waals surface area contributed by atoms with Crippen molar-refractivity contribution in [1.29, 1.82) is 0 Å². The van der Waals surface area contributed by atoms with E-state index in [2.05, 4.69) is 0 Å². The molecule has 232 valence electrons. The van der Waals surface area contributed by atoms with Crippen molar-refractivity contribution < 1.29 is 59.1 Å². The van der Waals surface area contributed by atoms with Gasteiger partial charge in [0.1, 0.15) is 35.4 Å². The lowest BCUT2D eigenvalue weighted by Gasteiger charge is -2.46. The van der Waals surface area contributed by atoms with Crippen molar-refractivity contribution in [2.45, 2.75) is 62.1 Å². The van der Waals surface area contributed by atoms with Crippen LogP contribution in [0.4, 0.5) is 0 Å². The van der Waals surface area contributed by atoms with E-state index >= 15 is 0 Å². The normalized spacial score (nSPS) is 16.5. The summed E-state index contributed by atoms with van der Waals surface area (Å²) in [5, 5.41) is 67.4. The fraction of sp³-hybridized carbons (Fsp3) is 0.586. The van der Waals surface area contributed by atoms with Crippen LogP contribution in [0.25, 0.3) is 0 Å². The topological polar surface area (TPSA) is 177 Å². The van der Waals surface area contributed by atoms with Crippen LogP contribution >= 0.6 is 0 Å². The van der Waals surface area contributed by atoms with E-state index in [1.54, 1.807) is 31.2 Å². The van der Waals surface area contributed by atoms with Gasteiger partial charge in [-0.2, -0.15) is 0 Å². The molecule has 12 heteroatoms. The largest absolute Gasteiger partial charge is 0.496 e. The Morgan fingerprint density at radius 2 is 1.07 bits per heavy atom. The van der Waals surface area contributed by atoms with Crippen molar-refractivity contribution in [3.8, 4) is 34.5 Å². The third-order valence-corrected chi connectivity index (χ3v) is 7.32. The van der Waals surface area contributed by atoms with Gasteiger partial charge in [0.25, 0.3) is 0 Å². The molecule has 6 N–H and O–H groups in total. The standard InChI is InChI=1S/C29H44O12/c1-8-13-28(34,14-17-20(36-2)9-11-22(38-4)24(17)40-6)27(33)29(35,26(32)19(31)16-30)15-18-21(37-3)10-12-23(39-5)25(18)41-7/h9-12,19,26-27,30-35H,8,13-16H2,1-7H3/t19-,26+,27+,28?,29+/m0/s1. The van der Waals surface area contributed by atoms with E-state index in [-0.39, 0.29) is 41.4 Å². The van der Waals surface area contributed by atoms with Crippen LogP contribution in [0.5, 0.6) is 34.5 Å². The number of hydrogen-bond donors (Lipinski definition) is 6. The Hall–Kier alpha value is -3.00. The van der Waals surface area contributed by atoms with Gasteiger partial charge in [-0.3, -0.25) is 0 Å². The summed E-state index contributed by atoms with van der Waals surface area (Å²) in [4.78, 5) is 0. The fourth-order valence-electron chi connectivity index (χ4n) is 5.27.